The molecule has 2 N–H and O–H groups in total. The second-order valence-electron chi connectivity index (χ2n) is 5.47. The number of thiazole rings is 1. The summed E-state index contributed by atoms with van der Waals surface area (Å²) in [6, 6.07) is 3.98. The maximum atomic E-state index is 12.4. The van der Waals surface area contributed by atoms with E-state index in [1.54, 1.807) is 16.7 Å². The number of nitrogens with one attached hydrogen (secondary N) is 1. The van der Waals surface area contributed by atoms with Crippen LogP contribution in [0, 0.1) is 0 Å². The van der Waals surface area contributed by atoms with E-state index in [9.17, 15) is 9.90 Å². The molecule has 1 amide bonds. The number of amides is 1. The fraction of sp³-hybridized carbons (Fsp3) is 0.467. The van der Waals surface area contributed by atoms with Crippen LogP contribution in [0.3, 0.4) is 0 Å². The van der Waals surface area contributed by atoms with Gasteiger partial charge in [0.05, 0.1) is 17.0 Å². The van der Waals surface area contributed by atoms with E-state index < -0.39 is 5.54 Å². The highest BCUT2D eigenvalue weighted by Gasteiger charge is 2.33. The van der Waals surface area contributed by atoms with Gasteiger partial charge in [0.1, 0.15) is 10.7 Å². The molecule has 1 aliphatic rings. The highest BCUT2D eigenvalue weighted by Crippen LogP contribution is 2.30. The molecule has 1 fully saturated rings. The van der Waals surface area contributed by atoms with Gasteiger partial charge in [-0.05, 0) is 24.3 Å². The van der Waals surface area contributed by atoms with E-state index >= 15 is 0 Å². The first kappa shape index (κ1) is 14.7. The van der Waals surface area contributed by atoms with E-state index in [0.29, 0.717) is 5.69 Å². The fourth-order valence-corrected chi connectivity index (χ4v) is 4.36. The van der Waals surface area contributed by atoms with Crippen molar-refractivity contribution in [2.75, 3.05) is 6.61 Å². The van der Waals surface area contributed by atoms with Crippen LogP contribution in [0.4, 0.5) is 0 Å². The summed E-state index contributed by atoms with van der Waals surface area (Å²) in [7, 11) is 0. The summed E-state index contributed by atoms with van der Waals surface area (Å²) < 4.78 is 0. The molecule has 21 heavy (non-hydrogen) atoms. The summed E-state index contributed by atoms with van der Waals surface area (Å²) >= 11 is 3.10. The summed E-state index contributed by atoms with van der Waals surface area (Å²) in [6.07, 6.45) is 4.97. The van der Waals surface area contributed by atoms with Crippen molar-refractivity contribution in [2.24, 2.45) is 0 Å². The summed E-state index contributed by atoms with van der Waals surface area (Å²) in [5.74, 6) is -0.176. The van der Waals surface area contributed by atoms with E-state index in [-0.39, 0.29) is 12.5 Å². The molecular weight excluding hydrogens is 304 g/mol. The second-order valence-corrected chi connectivity index (χ2v) is 7.27. The first-order chi connectivity index (χ1) is 10.2. The van der Waals surface area contributed by atoms with Crippen molar-refractivity contribution in [3.63, 3.8) is 0 Å². The van der Waals surface area contributed by atoms with Crippen LogP contribution < -0.4 is 5.32 Å². The Morgan fingerprint density at radius 3 is 2.81 bits per heavy atom. The number of aromatic nitrogens is 1. The van der Waals surface area contributed by atoms with Crippen LogP contribution in [-0.4, -0.2) is 28.1 Å². The largest absolute Gasteiger partial charge is 0.394 e. The molecule has 0 aliphatic heterocycles. The standard InChI is InChI=1S/C15H18N2O2S2/c18-10-15(6-2-1-3-7-15)17-13(19)11-9-21-14(16-11)12-5-4-8-20-12/h4-5,8-9,18H,1-3,6-7,10H2,(H,17,19). The number of aliphatic hydroxyl groups is 1. The summed E-state index contributed by atoms with van der Waals surface area (Å²) in [5, 5.41) is 17.3. The number of carbonyl (C=O) groups excluding carboxylic acids is 1. The lowest BCUT2D eigenvalue weighted by atomic mass is 9.82. The molecule has 6 heteroatoms. The molecule has 2 aromatic heterocycles. The van der Waals surface area contributed by atoms with Gasteiger partial charge in [-0.15, -0.1) is 22.7 Å². The molecule has 0 aromatic carbocycles. The Bertz CT molecular complexity index is 601. The Balaban J connectivity index is 1.73. The number of carbonyl (C=O) groups is 1. The number of thiophene rings is 1. The Morgan fingerprint density at radius 2 is 2.14 bits per heavy atom. The van der Waals surface area contributed by atoms with Crippen molar-refractivity contribution >= 4 is 28.6 Å². The predicted molar refractivity (Wildman–Crippen MR) is 85.8 cm³/mol. The Hall–Kier alpha value is -1.24. The SMILES string of the molecule is O=C(NC1(CO)CCCCC1)c1csc(-c2cccs2)n1. The average Bonchev–Trinajstić information content (AvgIpc) is 3.19. The van der Waals surface area contributed by atoms with Gasteiger partial charge in [0.15, 0.2) is 0 Å². The Morgan fingerprint density at radius 1 is 1.33 bits per heavy atom. The lowest BCUT2D eigenvalue weighted by Gasteiger charge is -2.36. The summed E-state index contributed by atoms with van der Waals surface area (Å²) in [4.78, 5) is 17.9. The monoisotopic (exact) mass is 322 g/mol. The zero-order valence-electron chi connectivity index (χ0n) is 11.7. The van der Waals surface area contributed by atoms with Crippen molar-refractivity contribution < 1.29 is 9.90 Å². The van der Waals surface area contributed by atoms with Crippen LogP contribution in [0.5, 0.6) is 0 Å². The van der Waals surface area contributed by atoms with Crippen LogP contribution in [0.15, 0.2) is 22.9 Å². The van der Waals surface area contributed by atoms with Gasteiger partial charge < -0.3 is 10.4 Å². The van der Waals surface area contributed by atoms with E-state index in [2.05, 4.69) is 10.3 Å². The molecule has 0 atom stereocenters. The van der Waals surface area contributed by atoms with Crippen molar-refractivity contribution in [1.82, 2.24) is 10.3 Å². The number of nitrogens with zero attached hydrogens (tertiary/aromatic N) is 1. The first-order valence-corrected chi connectivity index (χ1v) is 8.91. The summed E-state index contributed by atoms with van der Waals surface area (Å²) in [5.41, 5.74) is -0.0102. The smallest absolute Gasteiger partial charge is 0.271 e. The molecule has 1 saturated carbocycles. The maximum absolute atomic E-state index is 12.4. The Labute approximate surface area is 131 Å². The molecule has 0 radical (unpaired) electrons. The van der Waals surface area contributed by atoms with E-state index in [0.717, 1.165) is 35.6 Å². The van der Waals surface area contributed by atoms with Gasteiger partial charge >= 0.3 is 0 Å². The molecule has 1 aliphatic carbocycles. The van der Waals surface area contributed by atoms with Gasteiger partial charge in [-0.3, -0.25) is 4.79 Å². The van der Waals surface area contributed by atoms with Crippen LogP contribution in [0.1, 0.15) is 42.6 Å². The summed E-state index contributed by atoms with van der Waals surface area (Å²) in [6.45, 7) is 0.000654. The third-order valence-corrected chi connectivity index (χ3v) is 5.84. The molecule has 2 heterocycles. The lowest BCUT2D eigenvalue weighted by Crippen LogP contribution is -2.52. The minimum absolute atomic E-state index is 0.000654. The molecule has 0 spiro atoms. The van der Waals surface area contributed by atoms with Crippen molar-refractivity contribution in [3.05, 3.63) is 28.6 Å². The third kappa shape index (κ3) is 3.17. The number of rotatable bonds is 4. The van der Waals surface area contributed by atoms with Crippen LogP contribution in [0.25, 0.3) is 9.88 Å². The minimum atomic E-state index is -0.456. The lowest BCUT2D eigenvalue weighted by molar-refractivity contribution is 0.0754. The first-order valence-electron chi connectivity index (χ1n) is 7.15. The number of hydrogen-bond donors (Lipinski definition) is 2. The molecule has 2 aromatic rings. The van der Waals surface area contributed by atoms with Gasteiger partial charge in [0, 0.05) is 5.38 Å². The van der Waals surface area contributed by atoms with Crippen LogP contribution in [0.2, 0.25) is 0 Å². The van der Waals surface area contributed by atoms with Crippen LogP contribution in [-0.2, 0) is 0 Å². The van der Waals surface area contributed by atoms with E-state index in [1.807, 2.05) is 17.5 Å². The topological polar surface area (TPSA) is 62.2 Å². The zero-order valence-corrected chi connectivity index (χ0v) is 13.3. The normalized spacial score (nSPS) is 17.6. The van der Waals surface area contributed by atoms with E-state index in [1.165, 1.54) is 17.8 Å². The van der Waals surface area contributed by atoms with Crippen molar-refractivity contribution in [3.8, 4) is 9.88 Å². The van der Waals surface area contributed by atoms with Gasteiger partial charge in [-0.25, -0.2) is 4.98 Å². The third-order valence-electron chi connectivity index (χ3n) is 3.96. The van der Waals surface area contributed by atoms with Crippen molar-refractivity contribution in [2.45, 2.75) is 37.6 Å². The maximum Gasteiger partial charge on any atom is 0.271 e. The zero-order chi connectivity index (χ0) is 14.7. The van der Waals surface area contributed by atoms with Gasteiger partial charge in [-0.2, -0.15) is 0 Å². The average molecular weight is 322 g/mol. The second kappa shape index (κ2) is 6.25. The molecule has 0 unspecified atom stereocenters. The fourth-order valence-electron chi connectivity index (χ4n) is 2.75. The van der Waals surface area contributed by atoms with Crippen LogP contribution >= 0.6 is 22.7 Å². The van der Waals surface area contributed by atoms with Crippen molar-refractivity contribution in [1.29, 1.82) is 0 Å². The Kier molecular flexibility index (Phi) is 4.37. The molecule has 4 nitrogen and oxygen atoms in total. The number of aliphatic hydroxyl groups excluding tert-OH is 1. The molecule has 112 valence electrons. The van der Waals surface area contributed by atoms with Gasteiger partial charge in [0.2, 0.25) is 0 Å². The number of hydrogen-bond acceptors (Lipinski definition) is 5. The molecule has 0 saturated heterocycles. The highest BCUT2D eigenvalue weighted by molar-refractivity contribution is 7.20. The molecular formula is C15H18N2O2S2. The van der Waals surface area contributed by atoms with Gasteiger partial charge in [-0.1, -0.05) is 25.3 Å². The molecule has 0 bridgehead atoms. The predicted octanol–water partition coefficient (Wildman–Crippen LogP) is 3.30. The molecule has 3 rings (SSSR count). The quantitative estimate of drug-likeness (QED) is 0.908. The minimum Gasteiger partial charge on any atom is -0.394 e. The van der Waals surface area contributed by atoms with Gasteiger partial charge in [0.25, 0.3) is 5.91 Å². The van der Waals surface area contributed by atoms with E-state index in [4.69, 9.17) is 0 Å². The highest BCUT2D eigenvalue weighted by atomic mass is 32.1.